The Morgan fingerprint density at radius 1 is 0.828 bits per heavy atom. The molecule has 0 aliphatic rings. The quantitative estimate of drug-likeness (QED) is 0.490. The number of ether oxygens (including phenoxy) is 1. The molecule has 0 atom stereocenters. The van der Waals surface area contributed by atoms with E-state index in [-0.39, 0.29) is 27.5 Å². The highest BCUT2D eigenvalue weighted by Crippen LogP contribution is 2.39. The predicted octanol–water partition coefficient (Wildman–Crippen LogP) is 5.85. The molecule has 152 valence electrons. The number of benzene rings is 3. The Morgan fingerprint density at radius 2 is 1.45 bits per heavy atom. The summed E-state index contributed by atoms with van der Waals surface area (Å²) < 4.78 is 95.0. The summed E-state index contributed by atoms with van der Waals surface area (Å²) in [5, 5.41) is 0. The van der Waals surface area contributed by atoms with Crippen LogP contribution in [0.1, 0.15) is 5.56 Å². The zero-order valence-electron chi connectivity index (χ0n) is 14.8. The van der Waals surface area contributed by atoms with Gasteiger partial charge in [-0.05, 0) is 48.0 Å². The van der Waals surface area contributed by atoms with Crippen molar-refractivity contribution in [3.05, 3.63) is 77.9 Å². The van der Waals surface area contributed by atoms with Crippen molar-refractivity contribution in [2.75, 3.05) is 6.26 Å². The van der Waals surface area contributed by atoms with Crippen LogP contribution in [0.5, 0.6) is 11.5 Å². The molecule has 0 N–H and O–H groups in total. The van der Waals surface area contributed by atoms with E-state index in [1.165, 1.54) is 24.3 Å². The third kappa shape index (κ3) is 4.73. The first-order chi connectivity index (χ1) is 13.4. The molecular formula is C20H13F5O3S. The number of halogens is 5. The summed E-state index contributed by atoms with van der Waals surface area (Å²) in [5.74, 6) is -2.35. The lowest BCUT2D eigenvalue weighted by Crippen LogP contribution is -2.05. The number of rotatable bonds is 4. The van der Waals surface area contributed by atoms with E-state index in [4.69, 9.17) is 4.74 Å². The molecule has 0 amide bonds. The van der Waals surface area contributed by atoms with Crippen LogP contribution in [0, 0.1) is 11.6 Å². The molecule has 0 spiro atoms. The molecule has 0 radical (unpaired) electrons. The zero-order valence-corrected chi connectivity index (χ0v) is 15.6. The summed E-state index contributed by atoms with van der Waals surface area (Å²) in [4.78, 5) is -0.0136. The van der Waals surface area contributed by atoms with Gasteiger partial charge in [0.15, 0.2) is 21.4 Å². The molecule has 0 unspecified atom stereocenters. The van der Waals surface area contributed by atoms with E-state index in [0.717, 1.165) is 36.6 Å². The average Bonchev–Trinajstić information content (AvgIpc) is 2.63. The molecule has 9 heteroatoms. The molecular weight excluding hydrogens is 415 g/mol. The van der Waals surface area contributed by atoms with Crippen molar-refractivity contribution < 1.29 is 35.1 Å². The summed E-state index contributed by atoms with van der Waals surface area (Å²) in [6.45, 7) is 0. The molecule has 0 saturated heterocycles. The molecule has 0 fully saturated rings. The molecule has 0 heterocycles. The summed E-state index contributed by atoms with van der Waals surface area (Å²) in [7, 11) is -3.50. The van der Waals surface area contributed by atoms with Crippen LogP contribution in [-0.2, 0) is 16.0 Å². The van der Waals surface area contributed by atoms with E-state index < -0.39 is 33.2 Å². The van der Waals surface area contributed by atoms with Crippen LogP contribution in [0.15, 0.2) is 65.6 Å². The highest BCUT2D eigenvalue weighted by molar-refractivity contribution is 7.90. The number of alkyl halides is 3. The molecule has 3 rings (SSSR count). The van der Waals surface area contributed by atoms with Crippen LogP contribution < -0.4 is 4.74 Å². The largest absolute Gasteiger partial charge is 0.454 e. The Kier molecular flexibility index (Phi) is 5.36. The van der Waals surface area contributed by atoms with E-state index in [1.807, 2.05) is 0 Å². The molecule has 3 aromatic carbocycles. The van der Waals surface area contributed by atoms with Crippen LogP contribution in [-0.4, -0.2) is 14.7 Å². The van der Waals surface area contributed by atoms with Gasteiger partial charge in [0.2, 0.25) is 0 Å². The van der Waals surface area contributed by atoms with Crippen molar-refractivity contribution in [1.29, 1.82) is 0 Å². The van der Waals surface area contributed by atoms with Gasteiger partial charge in [0.25, 0.3) is 0 Å². The molecule has 3 aromatic rings. The zero-order chi connectivity index (χ0) is 21.4. The van der Waals surface area contributed by atoms with E-state index in [2.05, 4.69) is 0 Å². The van der Waals surface area contributed by atoms with Gasteiger partial charge >= 0.3 is 6.18 Å². The van der Waals surface area contributed by atoms with Crippen LogP contribution in [0.25, 0.3) is 11.1 Å². The fourth-order valence-corrected chi connectivity index (χ4v) is 3.21. The van der Waals surface area contributed by atoms with Gasteiger partial charge in [-0.1, -0.05) is 12.1 Å². The summed E-state index contributed by atoms with van der Waals surface area (Å²) in [5.41, 5.74) is -0.781. The fourth-order valence-electron chi connectivity index (χ4n) is 2.58. The van der Waals surface area contributed by atoms with E-state index >= 15 is 0 Å². The monoisotopic (exact) mass is 428 g/mol. The third-order valence-electron chi connectivity index (χ3n) is 4.01. The highest BCUT2D eigenvalue weighted by atomic mass is 32.2. The normalized spacial score (nSPS) is 12.1. The second-order valence-corrected chi connectivity index (χ2v) is 8.20. The Balaban J connectivity index is 2.11. The SMILES string of the molecule is CS(=O)(=O)c1ccc(-c2cc(C(F)(F)F)ccc2Oc2ccc(F)cc2F)cc1. The van der Waals surface area contributed by atoms with Crippen molar-refractivity contribution in [1.82, 2.24) is 0 Å². The van der Waals surface area contributed by atoms with Gasteiger partial charge in [0.1, 0.15) is 11.6 Å². The van der Waals surface area contributed by atoms with Gasteiger partial charge in [-0.2, -0.15) is 13.2 Å². The van der Waals surface area contributed by atoms with Crippen molar-refractivity contribution in [3.63, 3.8) is 0 Å². The molecule has 0 aromatic heterocycles. The molecule has 0 saturated carbocycles. The summed E-state index contributed by atoms with van der Waals surface area (Å²) >= 11 is 0. The average molecular weight is 428 g/mol. The van der Waals surface area contributed by atoms with E-state index in [9.17, 15) is 30.4 Å². The molecule has 29 heavy (non-hydrogen) atoms. The first-order valence-corrected chi connectivity index (χ1v) is 9.99. The third-order valence-corrected chi connectivity index (χ3v) is 5.14. The smallest absolute Gasteiger partial charge is 0.416 e. The van der Waals surface area contributed by atoms with Crippen LogP contribution in [0.4, 0.5) is 22.0 Å². The van der Waals surface area contributed by atoms with Gasteiger partial charge in [0.05, 0.1) is 10.5 Å². The molecule has 0 bridgehead atoms. The Bertz CT molecular complexity index is 1150. The van der Waals surface area contributed by atoms with Crippen LogP contribution in [0.3, 0.4) is 0 Å². The van der Waals surface area contributed by atoms with Crippen LogP contribution >= 0.6 is 0 Å². The first kappa shape index (κ1) is 20.8. The standard InChI is InChI=1S/C20H13F5O3S/c1-29(26,27)15-6-2-12(3-7-15)16-10-13(20(23,24)25)4-8-18(16)28-19-9-5-14(21)11-17(19)22/h2-11H,1H3. The maximum absolute atomic E-state index is 13.9. The number of sulfone groups is 1. The molecule has 3 nitrogen and oxygen atoms in total. The Labute approximate surface area is 163 Å². The highest BCUT2D eigenvalue weighted by Gasteiger charge is 2.31. The van der Waals surface area contributed by atoms with Gasteiger partial charge < -0.3 is 4.74 Å². The van der Waals surface area contributed by atoms with Crippen molar-refractivity contribution in [2.24, 2.45) is 0 Å². The van der Waals surface area contributed by atoms with Crippen molar-refractivity contribution >= 4 is 9.84 Å². The van der Waals surface area contributed by atoms with E-state index in [0.29, 0.717) is 6.07 Å². The lowest BCUT2D eigenvalue weighted by molar-refractivity contribution is -0.137. The maximum Gasteiger partial charge on any atom is 0.416 e. The minimum absolute atomic E-state index is 0.0136. The summed E-state index contributed by atoms with van der Waals surface area (Å²) in [6.07, 6.45) is -3.64. The maximum atomic E-state index is 13.9. The van der Waals surface area contributed by atoms with Gasteiger partial charge in [-0.15, -0.1) is 0 Å². The topological polar surface area (TPSA) is 43.4 Å². The second-order valence-electron chi connectivity index (χ2n) is 6.18. The Morgan fingerprint density at radius 3 is 2.00 bits per heavy atom. The van der Waals surface area contributed by atoms with Gasteiger partial charge in [-0.25, -0.2) is 17.2 Å². The first-order valence-electron chi connectivity index (χ1n) is 8.10. The number of hydrogen-bond donors (Lipinski definition) is 0. The number of hydrogen-bond acceptors (Lipinski definition) is 3. The van der Waals surface area contributed by atoms with Crippen LogP contribution in [0.2, 0.25) is 0 Å². The minimum atomic E-state index is -4.64. The van der Waals surface area contributed by atoms with E-state index in [1.54, 1.807) is 0 Å². The lowest BCUT2D eigenvalue weighted by atomic mass is 10.0. The lowest BCUT2D eigenvalue weighted by Gasteiger charge is -2.15. The van der Waals surface area contributed by atoms with Crippen molar-refractivity contribution in [3.8, 4) is 22.6 Å². The fraction of sp³-hybridized carbons (Fsp3) is 0.100. The van der Waals surface area contributed by atoms with Gasteiger partial charge in [0, 0.05) is 17.9 Å². The Hall–Kier alpha value is -2.94. The second kappa shape index (κ2) is 7.47. The molecule has 0 aliphatic carbocycles. The molecule has 0 aliphatic heterocycles. The predicted molar refractivity (Wildman–Crippen MR) is 96.4 cm³/mol. The summed E-state index contributed by atoms with van der Waals surface area (Å²) in [6, 6.07) is 10.3. The minimum Gasteiger partial charge on any atom is -0.454 e. The van der Waals surface area contributed by atoms with Crippen molar-refractivity contribution in [2.45, 2.75) is 11.1 Å². The van der Waals surface area contributed by atoms with Gasteiger partial charge in [-0.3, -0.25) is 0 Å².